The summed E-state index contributed by atoms with van der Waals surface area (Å²) in [6, 6.07) is 5.11. The maximum atomic E-state index is 13.4. The molecule has 1 aliphatic rings. The molecule has 0 bridgehead atoms. The van der Waals surface area contributed by atoms with Crippen LogP contribution in [0.3, 0.4) is 0 Å². The summed E-state index contributed by atoms with van der Waals surface area (Å²) in [6.45, 7) is 0. The second kappa shape index (κ2) is 8.31. The van der Waals surface area contributed by atoms with Crippen molar-refractivity contribution < 1.29 is 22.3 Å². The lowest BCUT2D eigenvalue weighted by molar-refractivity contribution is 0.336. The van der Waals surface area contributed by atoms with Gasteiger partial charge in [0.2, 0.25) is 15.9 Å². The molecule has 1 aromatic carbocycles. The molecule has 0 unspecified atom stereocenters. The van der Waals surface area contributed by atoms with Crippen LogP contribution in [0.1, 0.15) is 30.1 Å². The number of rotatable bonds is 6. The number of benzene rings is 1. The van der Waals surface area contributed by atoms with Crippen molar-refractivity contribution in [2.24, 2.45) is 0 Å². The summed E-state index contributed by atoms with van der Waals surface area (Å²) in [5, 5.41) is 7.02. The summed E-state index contributed by atoms with van der Waals surface area (Å²) in [5.74, 6) is 0.246. The Kier molecular flexibility index (Phi) is 5.72. The predicted octanol–water partition coefficient (Wildman–Crippen LogP) is 1.70. The van der Waals surface area contributed by atoms with Gasteiger partial charge in [-0.1, -0.05) is 0 Å². The van der Waals surface area contributed by atoms with E-state index in [4.69, 9.17) is 9.47 Å². The van der Waals surface area contributed by atoms with Crippen molar-refractivity contribution in [3.8, 4) is 17.4 Å². The van der Waals surface area contributed by atoms with Gasteiger partial charge >= 0.3 is 0 Å². The van der Waals surface area contributed by atoms with E-state index in [2.05, 4.69) is 15.2 Å². The molecule has 0 fully saturated rings. The maximum absolute atomic E-state index is 13.4. The van der Waals surface area contributed by atoms with E-state index < -0.39 is 15.8 Å². The van der Waals surface area contributed by atoms with E-state index in [0.29, 0.717) is 5.46 Å². The van der Waals surface area contributed by atoms with Crippen molar-refractivity contribution in [2.45, 2.75) is 30.2 Å². The van der Waals surface area contributed by atoms with Crippen molar-refractivity contribution in [3.63, 3.8) is 0 Å². The number of halogens is 1. The summed E-state index contributed by atoms with van der Waals surface area (Å²) in [5.41, 5.74) is 2.41. The molecule has 31 heavy (non-hydrogen) atoms. The molecule has 0 amide bonds. The van der Waals surface area contributed by atoms with Gasteiger partial charge in [-0.05, 0) is 42.9 Å². The number of hydrogen-bond acceptors (Lipinski definition) is 6. The molecule has 0 aliphatic heterocycles. The highest BCUT2D eigenvalue weighted by atomic mass is 32.2. The van der Waals surface area contributed by atoms with Crippen LogP contribution in [0.15, 0.2) is 41.6 Å². The number of pyridine rings is 1. The Morgan fingerprint density at radius 2 is 2.06 bits per heavy atom. The normalized spacial score (nSPS) is 16.2. The average molecular weight is 444 g/mol. The molecule has 11 heteroatoms. The molecule has 2 heterocycles. The topological polar surface area (TPSA) is 97.4 Å². The molecular formula is C20H22BFN4O4S. The fourth-order valence-electron chi connectivity index (χ4n) is 3.76. The molecule has 1 atom stereocenters. The monoisotopic (exact) mass is 444 g/mol. The first-order chi connectivity index (χ1) is 14.8. The molecule has 2 aromatic heterocycles. The number of nitrogens with zero attached hydrogens (tertiary/aromatic N) is 3. The molecule has 0 saturated heterocycles. The fourth-order valence-corrected chi connectivity index (χ4v) is 5.16. The number of nitrogens with one attached hydrogen (secondary N) is 1. The number of aromatic amines is 1. The molecule has 4 rings (SSSR count). The van der Waals surface area contributed by atoms with Crippen LogP contribution < -0.4 is 14.9 Å². The lowest BCUT2D eigenvalue weighted by atomic mass is 9.93. The second-order valence-corrected chi connectivity index (χ2v) is 9.42. The molecule has 0 spiro atoms. The summed E-state index contributed by atoms with van der Waals surface area (Å²) in [6.07, 6.45) is 5.42. The van der Waals surface area contributed by atoms with Gasteiger partial charge in [0.15, 0.2) is 11.5 Å². The molecule has 162 valence electrons. The van der Waals surface area contributed by atoms with Gasteiger partial charge in [-0.15, -0.1) is 0 Å². The van der Waals surface area contributed by atoms with E-state index in [1.54, 1.807) is 21.1 Å². The molecule has 0 saturated carbocycles. The van der Waals surface area contributed by atoms with E-state index in [-0.39, 0.29) is 28.3 Å². The van der Waals surface area contributed by atoms with Crippen molar-refractivity contribution in [1.82, 2.24) is 19.5 Å². The summed E-state index contributed by atoms with van der Waals surface area (Å²) < 4.78 is 52.2. The van der Waals surface area contributed by atoms with E-state index >= 15 is 0 Å². The van der Waals surface area contributed by atoms with Gasteiger partial charge in [-0.25, -0.2) is 17.8 Å². The number of fused-ring (bicyclic) bond motifs is 1. The zero-order valence-electron chi connectivity index (χ0n) is 17.4. The Morgan fingerprint density at radius 3 is 2.81 bits per heavy atom. The number of aromatic nitrogens is 3. The van der Waals surface area contributed by atoms with Gasteiger partial charge in [0, 0.05) is 24.4 Å². The Bertz CT molecular complexity index is 1220. The third-order valence-corrected chi connectivity index (χ3v) is 7.30. The van der Waals surface area contributed by atoms with E-state index in [9.17, 15) is 12.8 Å². The number of sulfonamides is 1. The highest BCUT2D eigenvalue weighted by Crippen LogP contribution is 2.35. The van der Waals surface area contributed by atoms with Gasteiger partial charge in [-0.2, -0.15) is 9.40 Å². The van der Waals surface area contributed by atoms with Gasteiger partial charge < -0.3 is 9.47 Å². The Morgan fingerprint density at radius 1 is 1.26 bits per heavy atom. The maximum Gasteiger partial charge on any atom is 0.244 e. The third kappa shape index (κ3) is 4.02. The molecule has 1 aliphatic carbocycles. The van der Waals surface area contributed by atoms with Crippen LogP contribution in [0, 0.1) is 5.82 Å². The van der Waals surface area contributed by atoms with E-state index in [0.717, 1.165) is 30.5 Å². The Labute approximate surface area is 180 Å². The van der Waals surface area contributed by atoms with Gasteiger partial charge in [0.25, 0.3) is 0 Å². The lowest BCUT2D eigenvalue weighted by Gasteiger charge is -2.30. The van der Waals surface area contributed by atoms with Crippen LogP contribution in [-0.4, -0.2) is 49.9 Å². The minimum absolute atomic E-state index is 0.0709. The largest absolute Gasteiger partial charge is 0.493 e. The second-order valence-electron chi connectivity index (χ2n) is 7.42. The minimum Gasteiger partial charge on any atom is -0.493 e. The summed E-state index contributed by atoms with van der Waals surface area (Å²) in [4.78, 5) is 4.27. The number of aryl methyl sites for hydroxylation is 1. The van der Waals surface area contributed by atoms with Crippen molar-refractivity contribution >= 4 is 23.3 Å². The number of methoxy groups -OCH3 is 1. The first kappa shape index (κ1) is 21.3. The standard InChI is InChI=1S/C20H22BFN4O4S/c1-26(17-5-3-4-16-14(17)11-24-25-16)31(27,28)13-9-15(21)20(23-10-13)30-18-7-6-12(22)8-19(18)29-2/h6-11,17H,3-5,21H2,1-2H3,(H,24,25)/t17-/m1/s1. The molecular weight excluding hydrogens is 422 g/mol. The average Bonchev–Trinajstić information content (AvgIpc) is 3.24. The van der Waals surface area contributed by atoms with Crippen LogP contribution in [0.5, 0.6) is 17.4 Å². The van der Waals surface area contributed by atoms with Crippen molar-refractivity contribution in [2.75, 3.05) is 14.2 Å². The smallest absolute Gasteiger partial charge is 0.244 e. The first-order valence-electron chi connectivity index (χ1n) is 9.79. The Balaban J connectivity index is 1.60. The number of H-pyrrole nitrogens is 1. The lowest BCUT2D eigenvalue weighted by Crippen LogP contribution is -2.33. The van der Waals surface area contributed by atoms with Crippen LogP contribution in [-0.2, 0) is 16.4 Å². The third-order valence-electron chi connectivity index (χ3n) is 5.47. The van der Waals surface area contributed by atoms with Gasteiger partial charge in [0.05, 0.1) is 25.5 Å². The fraction of sp³-hybridized carbons (Fsp3) is 0.300. The number of ether oxygens (including phenoxy) is 2. The van der Waals surface area contributed by atoms with Crippen molar-refractivity contribution in [1.29, 1.82) is 0 Å². The zero-order valence-corrected chi connectivity index (χ0v) is 18.2. The molecule has 8 nitrogen and oxygen atoms in total. The SMILES string of the molecule is Bc1cc(S(=O)(=O)N(C)[C@@H]2CCCc3[nH]ncc32)cnc1Oc1ccc(F)cc1OC. The summed E-state index contributed by atoms with van der Waals surface area (Å²) >= 11 is 0. The quantitative estimate of drug-likeness (QED) is 0.582. The van der Waals surface area contributed by atoms with E-state index in [1.165, 1.54) is 41.9 Å². The minimum atomic E-state index is -3.79. The van der Waals surface area contributed by atoms with Crippen LogP contribution in [0.4, 0.5) is 4.39 Å². The van der Waals surface area contributed by atoms with Crippen LogP contribution in [0.2, 0.25) is 0 Å². The highest BCUT2D eigenvalue weighted by molar-refractivity contribution is 7.89. The van der Waals surface area contributed by atoms with Gasteiger partial charge in [-0.3, -0.25) is 5.10 Å². The van der Waals surface area contributed by atoms with Crippen molar-refractivity contribution in [3.05, 3.63) is 53.7 Å². The number of hydrogen-bond donors (Lipinski definition) is 1. The molecule has 1 N–H and O–H groups in total. The zero-order chi connectivity index (χ0) is 22.2. The Hall–Kier alpha value is -2.92. The predicted molar refractivity (Wildman–Crippen MR) is 115 cm³/mol. The summed E-state index contributed by atoms with van der Waals surface area (Å²) in [7, 11) is 0.892. The van der Waals surface area contributed by atoms with E-state index in [1.807, 2.05) is 0 Å². The van der Waals surface area contributed by atoms with Crippen LogP contribution in [0.25, 0.3) is 0 Å². The van der Waals surface area contributed by atoms with Gasteiger partial charge in [0.1, 0.15) is 18.6 Å². The van der Waals surface area contributed by atoms with Crippen LogP contribution >= 0.6 is 0 Å². The highest BCUT2D eigenvalue weighted by Gasteiger charge is 2.33. The molecule has 0 radical (unpaired) electrons. The first-order valence-corrected chi connectivity index (χ1v) is 11.2. The molecule has 3 aromatic rings.